The van der Waals surface area contributed by atoms with Crippen LogP contribution in [0.15, 0.2) is 18.2 Å². The highest BCUT2D eigenvalue weighted by Crippen LogP contribution is 2.20. The van der Waals surface area contributed by atoms with Crippen LogP contribution in [0.1, 0.15) is 29.5 Å². The zero-order valence-corrected chi connectivity index (χ0v) is 12.0. The molecular weight excluding hydrogens is 220 g/mol. The second-order valence-electron chi connectivity index (χ2n) is 5.66. The van der Waals surface area contributed by atoms with E-state index in [9.17, 15) is 0 Å². The normalized spacial score (nSPS) is 21.2. The minimum absolute atomic E-state index is 0.828. The van der Waals surface area contributed by atoms with E-state index >= 15 is 0 Å². The number of aryl methyl sites for hydroxylation is 1. The van der Waals surface area contributed by atoms with Gasteiger partial charge in [0.25, 0.3) is 0 Å². The average molecular weight is 246 g/mol. The summed E-state index contributed by atoms with van der Waals surface area (Å²) in [5.41, 5.74) is 4.38. The van der Waals surface area contributed by atoms with Crippen molar-refractivity contribution in [3.8, 4) is 0 Å². The first-order chi connectivity index (χ1) is 8.70. The van der Waals surface area contributed by atoms with Crippen LogP contribution in [0.25, 0.3) is 0 Å². The van der Waals surface area contributed by atoms with Gasteiger partial charge in [-0.2, -0.15) is 0 Å². The van der Waals surface area contributed by atoms with Crippen LogP contribution in [-0.4, -0.2) is 31.6 Å². The molecule has 100 valence electrons. The molecule has 1 aromatic rings. The van der Waals surface area contributed by atoms with Crippen LogP contribution in [0.5, 0.6) is 0 Å². The molecule has 1 aromatic carbocycles. The molecule has 0 bridgehead atoms. The largest absolute Gasteiger partial charge is 0.319 e. The molecule has 2 rings (SSSR count). The Morgan fingerprint density at radius 1 is 1.33 bits per heavy atom. The fourth-order valence-electron chi connectivity index (χ4n) is 2.97. The van der Waals surface area contributed by atoms with Crippen LogP contribution < -0.4 is 5.32 Å². The predicted octanol–water partition coefficient (Wildman–Crippen LogP) is 2.73. The lowest BCUT2D eigenvalue weighted by atomic mass is 9.96. The summed E-state index contributed by atoms with van der Waals surface area (Å²) in [5.74, 6) is 0.828. The van der Waals surface area contributed by atoms with E-state index in [0.717, 1.165) is 19.0 Å². The lowest BCUT2D eigenvalue weighted by molar-refractivity contribution is 0.166. The third kappa shape index (κ3) is 3.33. The number of benzene rings is 1. The number of likely N-dealkylation sites (tertiary alicyclic amines) is 1. The second-order valence-corrected chi connectivity index (χ2v) is 5.66. The molecule has 1 saturated heterocycles. The molecule has 0 radical (unpaired) electrons. The molecule has 0 spiro atoms. The highest BCUT2D eigenvalue weighted by atomic mass is 15.1. The Kier molecular flexibility index (Phi) is 4.79. The summed E-state index contributed by atoms with van der Waals surface area (Å²) in [4.78, 5) is 2.62. The van der Waals surface area contributed by atoms with E-state index in [1.807, 2.05) is 0 Å². The molecule has 1 N–H and O–H groups in total. The summed E-state index contributed by atoms with van der Waals surface area (Å²) in [6, 6.07) is 6.68. The molecule has 1 fully saturated rings. The van der Waals surface area contributed by atoms with Gasteiger partial charge < -0.3 is 5.32 Å². The summed E-state index contributed by atoms with van der Waals surface area (Å²) < 4.78 is 0. The monoisotopic (exact) mass is 246 g/mol. The minimum atomic E-state index is 0.828. The molecule has 0 amide bonds. The van der Waals surface area contributed by atoms with Crippen molar-refractivity contribution in [3.05, 3.63) is 34.9 Å². The first kappa shape index (κ1) is 13.6. The summed E-state index contributed by atoms with van der Waals surface area (Å²) in [7, 11) is 2.06. The van der Waals surface area contributed by atoms with Crippen LogP contribution in [-0.2, 0) is 6.54 Å². The minimum Gasteiger partial charge on any atom is -0.319 e. The summed E-state index contributed by atoms with van der Waals surface area (Å²) in [6.07, 6.45) is 2.72. The first-order valence-corrected chi connectivity index (χ1v) is 7.12. The van der Waals surface area contributed by atoms with Gasteiger partial charge in [-0.15, -0.1) is 0 Å². The number of rotatable bonds is 4. The highest BCUT2D eigenvalue weighted by Gasteiger charge is 2.19. The van der Waals surface area contributed by atoms with E-state index in [1.54, 1.807) is 0 Å². The quantitative estimate of drug-likeness (QED) is 0.879. The highest BCUT2D eigenvalue weighted by molar-refractivity contribution is 5.33. The van der Waals surface area contributed by atoms with Gasteiger partial charge in [0.2, 0.25) is 0 Å². The number of hydrogen-bond donors (Lipinski definition) is 1. The van der Waals surface area contributed by atoms with Crippen LogP contribution in [0.2, 0.25) is 0 Å². The molecule has 1 heterocycles. The molecule has 1 aliphatic heterocycles. The van der Waals surface area contributed by atoms with E-state index in [4.69, 9.17) is 0 Å². The Morgan fingerprint density at radius 2 is 2.17 bits per heavy atom. The Bertz CT molecular complexity index is 385. The van der Waals surface area contributed by atoms with Gasteiger partial charge >= 0.3 is 0 Å². The topological polar surface area (TPSA) is 15.3 Å². The van der Waals surface area contributed by atoms with Gasteiger partial charge in [-0.3, -0.25) is 4.90 Å². The maximum absolute atomic E-state index is 3.32. The SMILES string of the molecule is CNCC1CCCN(Cc2cccc(C)c2C)C1. The summed E-state index contributed by atoms with van der Waals surface area (Å²) >= 11 is 0. The molecule has 1 unspecified atom stereocenters. The van der Waals surface area contributed by atoms with E-state index in [1.165, 1.54) is 42.6 Å². The van der Waals surface area contributed by atoms with Crippen LogP contribution in [0, 0.1) is 19.8 Å². The van der Waals surface area contributed by atoms with Crippen molar-refractivity contribution in [2.45, 2.75) is 33.2 Å². The Morgan fingerprint density at radius 3 is 2.94 bits per heavy atom. The van der Waals surface area contributed by atoms with Crippen molar-refractivity contribution in [3.63, 3.8) is 0 Å². The molecule has 0 saturated carbocycles. The Hall–Kier alpha value is -0.860. The molecule has 1 aliphatic rings. The summed E-state index contributed by atoms with van der Waals surface area (Å²) in [5, 5.41) is 3.32. The zero-order chi connectivity index (χ0) is 13.0. The van der Waals surface area contributed by atoms with Crippen LogP contribution in [0.4, 0.5) is 0 Å². The number of nitrogens with one attached hydrogen (secondary N) is 1. The van der Waals surface area contributed by atoms with Gasteiger partial charge in [-0.1, -0.05) is 18.2 Å². The molecule has 2 heteroatoms. The fourth-order valence-corrected chi connectivity index (χ4v) is 2.97. The molecule has 0 aromatic heterocycles. The van der Waals surface area contributed by atoms with Crippen molar-refractivity contribution in [2.75, 3.05) is 26.7 Å². The molecule has 18 heavy (non-hydrogen) atoms. The number of piperidine rings is 1. The van der Waals surface area contributed by atoms with E-state index in [-0.39, 0.29) is 0 Å². The molecular formula is C16H26N2. The summed E-state index contributed by atoms with van der Waals surface area (Å²) in [6.45, 7) is 9.23. The maximum Gasteiger partial charge on any atom is 0.0236 e. The zero-order valence-electron chi connectivity index (χ0n) is 12.0. The van der Waals surface area contributed by atoms with Crippen molar-refractivity contribution in [2.24, 2.45) is 5.92 Å². The van der Waals surface area contributed by atoms with E-state index in [0.29, 0.717) is 0 Å². The fraction of sp³-hybridized carbons (Fsp3) is 0.625. The Labute approximate surface area is 111 Å². The van der Waals surface area contributed by atoms with Gasteiger partial charge in [-0.05, 0) is 69.4 Å². The lowest BCUT2D eigenvalue weighted by Crippen LogP contribution is -2.38. The van der Waals surface area contributed by atoms with Crippen molar-refractivity contribution < 1.29 is 0 Å². The standard InChI is InChI=1S/C16H26N2/c1-13-6-4-8-16(14(13)2)12-18-9-5-7-15(11-18)10-17-3/h4,6,8,15,17H,5,7,9-12H2,1-3H3. The maximum atomic E-state index is 3.32. The van der Waals surface area contributed by atoms with Crippen LogP contribution >= 0.6 is 0 Å². The number of hydrogen-bond acceptors (Lipinski definition) is 2. The smallest absolute Gasteiger partial charge is 0.0236 e. The Balaban J connectivity index is 1.98. The van der Waals surface area contributed by atoms with Crippen molar-refractivity contribution >= 4 is 0 Å². The third-order valence-electron chi connectivity index (χ3n) is 4.21. The average Bonchev–Trinajstić information content (AvgIpc) is 2.36. The van der Waals surface area contributed by atoms with Crippen molar-refractivity contribution in [1.82, 2.24) is 10.2 Å². The molecule has 2 nitrogen and oxygen atoms in total. The van der Waals surface area contributed by atoms with Crippen LogP contribution in [0.3, 0.4) is 0 Å². The number of nitrogens with zero attached hydrogens (tertiary/aromatic N) is 1. The van der Waals surface area contributed by atoms with E-state index < -0.39 is 0 Å². The molecule has 1 atom stereocenters. The third-order valence-corrected chi connectivity index (χ3v) is 4.21. The van der Waals surface area contributed by atoms with Crippen molar-refractivity contribution in [1.29, 1.82) is 0 Å². The molecule has 0 aliphatic carbocycles. The van der Waals surface area contributed by atoms with E-state index in [2.05, 4.69) is 49.3 Å². The predicted molar refractivity (Wildman–Crippen MR) is 77.8 cm³/mol. The van der Waals surface area contributed by atoms with Gasteiger partial charge in [0, 0.05) is 13.1 Å². The first-order valence-electron chi connectivity index (χ1n) is 7.12. The van der Waals surface area contributed by atoms with Gasteiger partial charge in [0.05, 0.1) is 0 Å². The van der Waals surface area contributed by atoms with Gasteiger partial charge in [0.15, 0.2) is 0 Å². The van der Waals surface area contributed by atoms with Gasteiger partial charge in [0.1, 0.15) is 0 Å². The second kappa shape index (κ2) is 6.35. The lowest BCUT2D eigenvalue weighted by Gasteiger charge is -2.33. The van der Waals surface area contributed by atoms with Gasteiger partial charge in [-0.25, -0.2) is 0 Å².